The molecule has 3 aromatic rings. The van der Waals surface area contributed by atoms with Gasteiger partial charge in [0.25, 0.3) is 0 Å². The first-order valence-electron chi connectivity index (χ1n) is 8.67. The molecule has 3 aromatic carbocycles. The number of anilines is 1. The molecule has 6 heteroatoms. The van der Waals surface area contributed by atoms with E-state index in [4.69, 9.17) is 16.3 Å². The molecule has 1 atom stereocenters. The zero-order chi connectivity index (χ0) is 19.7. The van der Waals surface area contributed by atoms with Crippen LogP contribution < -0.4 is 9.64 Å². The number of fused-ring (bicyclic) bond motifs is 1. The summed E-state index contributed by atoms with van der Waals surface area (Å²) in [5, 5.41) is 0.466. The van der Waals surface area contributed by atoms with Crippen LogP contribution in [-0.4, -0.2) is 11.9 Å². The number of rotatable bonds is 4. The van der Waals surface area contributed by atoms with E-state index in [1.165, 1.54) is 29.2 Å². The molecule has 0 fully saturated rings. The SMILES string of the molecule is O=C(C[C@H]1c2cc(Cl)ccc2OC(=O)N1c1ccc(F)cc1)c1ccccc1. The Morgan fingerprint density at radius 1 is 1.04 bits per heavy atom. The average molecular weight is 396 g/mol. The highest BCUT2D eigenvalue weighted by atomic mass is 35.5. The average Bonchev–Trinajstić information content (AvgIpc) is 2.70. The van der Waals surface area contributed by atoms with Crippen molar-refractivity contribution in [2.24, 2.45) is 0 Å². The van der Waals surface area contributed by atoms with Gasteiger partial charge in [-0.3, -0.25) is 9.69 Å². The summed E-state index contributed by atoms with van der Waals surface area (Å²) in [7, 11) is 0. The lowest BCUT2D eigenvalue weighted by Crippen LogP contribution is -2.42. The van der Waals surface area contributed by atoms with Gasteiger partial charge in [-0.25, -0.2) is 9.18 Å². The van der Waals surface area contributed by atoms with E-state index < -0.39 is 18.0 Å². The van der Waals surface area contributed by atoms with Gasteiger partial charge in [0.1, 0.15) is 11.6 Å². The molecule has 0 saturated carbocycles. The van der Waals surface area contributed by atoms with Gasteiger partial charge in [-0.2, -0.15) is 0 Å². The fraction of sp³-hybridized carbons (Fsp3) is 0.0909. The number of ketones is 1. The van der Waals surface area contributed by atoms with Gasteiger partial charge in [-0.1, -0.05) is 41.9 Å². The van der Waals surface area contributed by atoms with Crippen molar-refractivity contribution in [1.82, 2.24) is 0 Å². The van der Waals surface area contributed by atoms with Crippen molar-refractivity contribution in [3.8, 4) is 5.75 Å². The lowest BCUT2D eigenvalue weighted by Gasteiger charge is -2.36. The van der Waals surface area contributed by atoms with Crippen LogP contribution in [0.2, 0.25) is 5.02 Å². The molecule has 1 aliphatic rings. The molecule has 1 aliphatic heterocycles. The van der Waals surface area contributed by atoms with Gasteiger partial charge in [-0.05, 0) is 42.5 Å². The second kappa shape index (κ2) is 7.44. The summed E-state index contributed by atoms with van der Waals surface area (Å²) >= 11 is 6.15. The molecular weight excluding hydrogens is 381 g/mol. The van der Waals surface area contributed by atoms with Crippen molar-refractivity contribution >= 4 is 29.2 Å². The van der Waals surface area contributed by atoms with Gasteiger partial charge < -0.3 is 4.74 Å². The van der Waals surface area contributed by atoms with Crippen LogP contribution in [0.15, 0.2) is 72.8 Å². The third-order valence-corrected chi connectivity index (χ3v) is 4.85. The second-order valence-corrected chi connectivity index (χ2v) is 6.84. The van der Waals surface area contributed by atoms with E-state index in [0.717, 1.165) is 0 Å². The maximum atomic E-state index is 13.4. The minimum Gasteiger partial charge on any atom is -0.410 e. The maximum absolute atomic E-state index is 13.4. The highest BCUT2D eigenvalue weighted by molar-refractivity contribution is 6.30. The first-order valence-corrected chi connectivity index (χ1v) is 9.05. The zero-order valence-electron chi connectivity index (χ0n) is 14.6. The van der Waals surface area contributed by atoms with Crippen LogP contribution in [0, 0.1) is 5.82 Å². The summed E-state index contributed by atoms with van der Waals surface area (Å²) in [6.07, 6.45) is -0.601. The molecule has 140 valence electrons. The van der Waals surface area contributed by atoms with Gasteiger partial charge in [-0.15, -0.1) is 0 Å². The van der Waals surface area contributed by atoms with Crippen LogP contribution in [0.4, 0.5) is 14.9 Å². The predicted molar refractivity (Wildman–Crippen MR) is 104 cm³/mol. The number of hydrogen-bond donors (Lipinski definition) is 0. The van der Waals surface area contributed by atoms with Gasteiger partial charge in [0.05, 0.1) is 6.04 Å². The van der Waals surface area contributed by atoms with Crippen LogP contribution in [0.3, 0.4) is 0 Å². The summed E-state index contributed by atoms with van der Waals surface area (Å²) < 4.78 is 18.8. The molecule has 28 heavy (non-hydrogen) atoms. The molecule has 0 unspecified atom stereocenters. The van der Waals surface area contributed by atoms with E-state index >= 15 is 0 Å². The summed E-state index contributed by atoms with van der Waals surface area (Å²) in [4.78, 5) is 27.0. The van der Waals surface area contributed by atoms with Crippen molar-refractivity contribution in [2.45, 2.75) is 12.5 Å². The fourth-order valence-electron chi connectivity index (χ4n) is 3.29. The smallest absolute Gasteiger partial charge is 0.410 e. The minimum absolute atomic E-state index is 0.0316. The van der Waals surface area contributed by atoms with Gasteiger partial charge in [0.15, 0.2) is 5.78 Å². The summed E-state index contributed by atoms with van der Waals surface area (Å²) in [5.41, 5.74) is 1.60. The number of carbonyl (C=O) groups is 2. The number of halogens is 2. The van der Waals surface area contributed by atoms with Crippen molar-refractivity contribution in [3.05, 3.63) is 94.8 Å². The molecule has 0 saturated heterocycles. The Morgan fingerprint density at radius 2 is 1.75 bits per heavy atom. The van der Waals surface area contributed by atoms with Crippen LogP contribution in [0.5, 0.6) is 5.75 Å². The topological polar surface area (TPSA) is 46.6 Å². The molecule has 4 nitrogen and oxygen atoms in total. The van der Waals surface area contributed by atoms with E-state index in [0.29, 0.717) is 27.6 Å². The highest BCUT2D eigenvalue weighted by Crippen LogP contribution is 2.41. The summed E-state index contributed by atoms with van der Waals surface area (Å²) in [6.45, 7) is 0. The predicted octanol–water partition coefficient (Wildman–Crippen LogP) is 5.81. The van der Waals surface area contributed by atoms with Crippen LogP contribution in [-0.2, 0) is 0 Å². The number of amides is 1. The number of carbonyl (C=O) groups excluding carboxylic acids is 2. The maximum Gasteiger partial charge on any atom is 0.420 e. The molecule has 0 radical (unpaired) electrons. The molecule has 0 aliphatic carbocycles. The Morgan fingerprint density at radius 3 is 2.46 bits per heavy atom. The molecule has 0 N–H and O–H groups in total. The second-order valence-electron chi connectivity index (χ2n) is 6.41. The fourth-order valence-corrected chi connectivity index (χ4v) is 3.47. The molecule has 0 bridgehead atoms. The summed E-state index contributed by atoms with van der Waals surface area (Å²) in [5.74, 6) is -0.188. The van der Waals surface area contributed by atoms with Crippen molar-refractivity contribution in [3.63, 3.8) is 0 Å². The third kappa shape index (κ3) is 3.49. The van der Waals surface area contributed by atoms with Gasteiger partial charge >= 0.3 is 6.09 Å². The molecule has 1 heterocycles. The van der Waals surface area contributed by atoms with E-state index in [1.807, 2.05) is 6.07 Å². The molecule has 0 aromatic heterocycles. The highest BCUT2D eigenvalue weighted by Gasteiger charge is 2.37. The number of nitrogens with zero attached hydrogens (tertiary/aromatic N) is 1. The minimum atomic E-state index is -0.632. The van der Waals surface area contributed by atoms with Crippen LogP contribution in [0.1, 0.15) is 28.4 Å². The van der Waals surface area contributed by atoms with E-state index in [2.05, 4.69) is 0 Å². The molecule has 1 amide bonds. The normalized spacial score (nSPS) is 15.7. The number of hydrogen-bond acceptors (Lipinski definition) is 3. The lowest BCUT2D eigenvalue weighted by molar-refractivity contribution is 0.0971. The quantitative estimate of drug-likeness (QED) is 0.523. The Bertz CT molecular complexity index is 1040. The Balaban J connectivity index is 1.78. The first kappa shape index (κ1) is 18.2. The molecule has 0 spiro atoms. The standard InChI is InChI=1S/C22H15ClFNO3/c23-15-6-11-21-18(12-15)19(13-20(26)14-4-2-1-3-5-14)25(22(27)28-21)17-9-7-16(24)8-10-17/h1-12,19H,13H2/t19-/m0/s1. The van der Waals surface area contributed by atoms with Crippen molar-refractivity contribution in [2.75, 3.05) is 4.90 Å². The number of ether oxygens (including phenoxy) is 1. The van der Waals surface area contributed by atoms with Gasteiger partial charge in [0, 0.05) is 28.3 Å². The van der Waals surface area contributed by atoms with E-state index in [9.17, 15) is 14.0 Å². The molecule has 4 rings (SSSR count). The number of benzene rings is 3. The Labute approximate surface area is 166 Å². The third-order valence-electron chi connectivity index (χ3n) is 4.62. The van der Waals surface area contributed by atoms with E-state index in [-0.39, 0.29) is 12.2 Å². The lowest BCUT2D eigenvalue weighted by atomic mass is 9.94. The zero-order valence-corrected chi connectivity index (χ0v) is 15.4. The first-order chi connectivity index (χ1) is 13.5. The number of Topliss-reactive ketones (excluding diaryl/α,β-unsaturated/α-hetero) is 1. The summed E-state index contributed by atoms with van der Waals surface area (Å²) in [6, 6.07) is 18.6. The van der Waals surface area contributed by atoms with Crippen molar-refractivity contribution in [1.29, 1.82) is 0 Å². The van der Waals surface area contributed by atoms with E-state index in [1.54, 1.807) is 42.5 Å². The monoisotopic (exact) mass is 395 g/mol. The van der Waals surface area contributed by atoms with Crippen LogP contribution in [0.25, 0.3) is 0 Å². The molecular formula is C22H15ClFNO3. The van der Waals surface area contributed by atoms with Crippen molar-refractivity contribution < 1.29 is 18.7 Å². The largest absolute Gasteiger partial charge is 0.420 e. The van der Waals surface area contributed by atoms with Crippen LogP contribution >= 0.6 is 11.6 Å². The van der Waals surface area contributed by atoms with Gasteiger partial charge in [0.2, 0.25) is 0 Å². The Hall–Kier alpha value is -3.18. The Kier molecular flexibility index (Phi) is 4.84.